The Morgan fingerprint density at radius 1 is 1.22 bits per heavy atom. The van der Waals surface area contributed by atoms with Gasteiger partial charge < -0.3 is 9.47 Å². The molecule has 0 saturated carbocycles. The zero-order chi connectivity index (χ0) is 19.6. The highest BCUT2D eigenvalue weighted by Gasteiger charge is 2.34. The number of nitrogens with zero attached hydrogens (tertiary/aromatic N) is 5. The molecule has 1 aromatic heterocycles. The fourth-order valence-corrected chi connectivity index (χ4v) is 3.55. The van der Waals surface area contributed by atoms with Crippen LogP contribution >= 0.6 is 0 Å². The summed E-state index contributed by atoms with van der Waals surface area (Å²) in [6.45, 7) is 13.1. The van der Waals surface area contributed by atoms with Gasteiger partial charge in [-0.15, -0.1) is 10.2 Å². The number of aryl methyl sites for hydroxylation is 1. The molecule has 0 saturated heterocycles. The number of carbonyl (C=O) groups excluding carboxylic acids is 1. The predicted molar refractivity (Wildman–Crippen MR) is 107 cm³/mol. The molecule has 1 aliphatic heterocycles. The third-order valence-corrected chi connectivity index (χ3v) is 4.82. The number of benzene rings is 1. The second kappa shape index (κ2) is 7.86. The molecule has 0 spiro atoms. The van der Waals surface area contributed by atoms with E-state index in [4.69, 9.17) is 0 Å². The Morgan fingerprint density at radius 3 is 2.56 bits per heavy atom. The molecule has 1 atom stereocenters. The number of rotatable bonds is 5. The molecule has 0 unspecified atom stereocenters. The minimum absolute atomic E-state index is 0.0524. The van der Waals surface area contributed by atoms with Gasteiger partial charge in [0.1, 0.15) is 0 Å². The number of allylic oxidation sites excluding steroid dienone is 1. The molecular weight excluding hydrogens is 338 g/mol. The fourth-order valence-electron chi connectivity index (χ4n) is 3.55. The van der Waals surface area contributed by atoms with Crippen molar-refractivity contribution in [1.82, 2.24) is 19.7 Å². The van der Waals surface area contributed by atoms with E-state index in [1.165, 1.54) is 0 Å². The first-order valence-electron chi connectivity index (χ1n) is 9.44. The van der Waals surface area contributed by atoms with Gasteiger partial charge in [-0.1, -0.05) is 37.6 Å². The summed E-state index contributed by atoms with van der Waals surface area (Å²) in [5, 5.41) is 8.80. The smallest absolute Gasteiger partial charge is 0.254 e. The Bertz CT molecular complexity index is 878. The van der Waals surface area contributed by atoms with Crippen LogP contribution in [0.2, 0.25) is 0 Å². The summed E-state index contributed by atoms with van der Waals surface area (Å²) < 4.78 is 2.10. The van der Waals surface area contributed by atoms with Crippen molar-refractivity contribution in [1.29, 1.82) is 0 Å². The summed E-state index contributed by atoms with van der Waals surface area (Å²) in [6, 6.07) is 7.68. The fraction of sp³-hybridized carbons (Fsp3) is 0.429. The van der Waals surface area contributed by atoms with Crippen molar-refractivity contribution in [2.24, 2.45) is 4.99 Å². The van der Waals surface area contributed by atoms with Gasteiger partial charge in [-0.3, -0.25) is 9.79 Å². The molecule has 0 aliphatic carbocycles. The van der Waals surface area contributed by atoms with Gasteiger partial charge in [0.25, 0.3) is 5.91 Å². The van der Waals surface area contributed by atoms with Crippen LogP contribution in [0.15, 0.2) is 41.5 Å². The molecular formula is C21H27N5O. The van der Waals surface area contributed by atoms with E-state index in [1.807, 2.05) is 49.9 Å². The lowest BCUT2D eigenvalue weighted by molar-refractivity contribution is 0.0603. The van der Waals surface area contributed by atoms with Crippen molar-refractivity contribution in [3.8, 4) is 0 Å². The standard InChI is InChI=1S/C21H27N5O/c1-6-7-18-20-24-23-19(16(5)22-14(2)3)26(20)13-12-25(18)21(27)17-10-8-15(4)9-11-17/h8-11,18H,2,6-7,12-13H2,1,3-5H3/t18-/m1/s1. The first kappa shape index (κ1) is 19.0. The van der Waals surface area contributed by atoms with E-state index >= 15 is 0 Å². The average molecular weight is 365 g/mol. The predicted octanol–water partition coefficient (Wildman–Crippen LogP) is 3.93. The number of amides is 1. The van der Waals surface area contributed by atoms with Crippen molar-refractivity contribution < 1.29 is 4.79 Å². The summed E-state index contributed by atoms with van der Waals surface area (Å²) in [5.74, 6) is 1.66. The molecule has 2 aromatic rings. The normalized spacial score (nSPS) is 17.0. The maximum Gasteiger partial charge on any atom is 0.254 e. The number of carbonyl (C=O) groups is 1. The van der Waals surface area contributed by atoms with E-state index in [9.17, 15) is 4.79 Å². The zero-order valence-electron chi connectivity index (χ0n) is 16.6. The maximum absolute atomic E-state index is 13.1. The summed E-state index contributed by atoms with van der Waals surface area (Å²) in [7, 11) is 0. The van der Waals surface area contributed by atoms with Crippen molar-refractivity contribution in [2.45, 2.75) is 53.1 Å². The van der Waals surface area contributed by atoms with Gasteiger partial charge in [-0.05, 0) is 39.3 Å². The minimum Gasteiger partial charge on any atom is -0.327 e. The van der Waals surface area contributed by atoms with Crippen molar-refractivity contribution >= 4 is 11.6 Å². The van der Waals surface area contributed by atoms with Crippen LogP contribution in [0.1, 0.15) is 67.2 Å². The largest absolute Gasteiger partial charge is 0.327 e. The highest BCUT2D eigenvalue weighted by atomic mass is 16.2. The van der Waals surface area contributed by atoms with Gasteiger partial charge in [0.2, 0.25) is 0 Å². The van der Waals surface area contributed by atoms with Crippen LogP contribution < -0.4 is 0 Å². The third-order valence-electron chi connectivity index (χ3n) is 4.82. The van der Waals surface area contributed by atoms with Crippen molar-refractivity contribution in [3.63, 3.8) is 0 Å². The van der Waals surface area contributed by atoms with Crippen molar-refractivity contribution in [2.75, 3.05) is 6.54 Å². The zero-order valence-corrected chi connectivity index (χ0v) is 16.6. The summed E-state index contributed by atoms with van der Waals surface area (Å²) >= 11 is 0. The number of aromatic nitrogens is 3. The number of fused-ring (bicyclic) bond motifs is 1. The van der Waals surface area contributed by atoms with Crippen molar-refractivity contribution in [3.05, 3.63) is 59.3 Å². The Kier molecular flexibility index (Phi) is 5.54. The van der Waals surface area contributed by atoms with Gasteiger partial charge in [-0.2, -0.15) is 0 Å². The Balaban J connectivity index is 1.95. The molecule has 1 aromatic carbocycles. The summed E-state index contributed by atoms with van der Waals surface area (Å²) in [6.07, 6.45) is 1.82. The van der Waals surface area contributed by atoms with Gasteiger partial charge in [-0.25, -0.2) is 0 Å². The second-order valence-electron chi connectivity index (χ2n) is 7.13. The number of hydrogen-bond acceptors (Lipinski definition) is 4. The molecule has 6 heteroatoms. The van der Waals surface area contributed by atoms with Gasteiger partial charge in [0, 0.05) is 24.4 Å². The maximum atomic E-state index is 13.1. The lowest BCUT2D eigenvalue weighted by atomic mass is 10.0. The molecule has 3 rings (SSSR count). The second-order valence-corrected chi connectivity index (χ2v) is 7.13. The Labute approximate surface area is 160 Å². The first-order valence-corrected chi connectivity index (χ1v) is 9.44. The van der Waals surface area contributed by atoms with E-state index in [-0.39, 0.29) is 11.9 Å². The van der Waals surface area contributed by atoms with E-state index in [0.717, 1.165) is 47.0 Å². The molecule has 0 N–H and O–H groups in total. The van der Waals surface area contributed by atoms with Crippen LogP contribution in [0.3, 0.4) is 0 Å². The van der Waals surface area contributed by atoms with Crippen LogP contribution in [-0.2, 0) is 6.54 Å². The SMILES string of the molecule is C=C(C)N=C(C)c1nnc2n1CCN(C(=O)c1ccc(C)cc1)[C@@H]2CCC. The summed E-state index contributed by atoms with van der Waals surface area (Å²) in [4.78, 5) is 19.5. The monoisotopic (exact) mass is 365 g/mol. The molecule has 27 heavy (non-hydrogen) atoms. The number of hydrogen-bond donors (Lipinski definition) is 0. The summed E-state index contributed by atoms with van der Waals surface area (Å²) in [5.41, 5.74) is 3.40. The van der Waals surface area contributed by atoms with Crippen LogP contribution in [0.4, 0.5) is 0 Å². The third kappa shape index (κ3) is 3.84. The van der Waals surface area contributed by atoms with Gasteiger partial charge in [0.15, 0.2) is 11.6 Å². The van der Waals surface area contributed by atoms with Gasteiger partial charge >= 0.3 is 0 Å². The molecule has 0 bridgehead atoms. The molecule has 0 fully saturated rings. The molecule has 0 radical (unpaired) electrons. The average Bonchev–Trinajstić information content (AvgIpc) is 3.06. The van der Waals surface area contributed by atoms with Crippen LogP contribution in [-0.4, -0.2) is 37.8 Å². The Morgan fingerprint density at radius 2 is 1.93 bits per heavy atom. The topological polar surface area (TPSA) is 63.4 Å². The molecule has 1 amide bonds. The lowest BCUT2D eigenvalue weighted by Crippen LogP contribution is -2.42. The lowest BCUT2D eigenvalue weighted by Gasteiger charge is -2.36. The minimum atomic E-state index is -0.0727. The number of aliphatic imine (C=N–C) groups is 1. The quantitative estimate of drug-likeness (QED) is 0.754. The first-order chi connectivity index (χ1) is 12.9. The van der Waals surface area contributed by atoms with Gasteiger partial charge in [0.05, 0.1) is 11.8 Å². The van der Waals surface area contributed by atoms with Crippen LogP contribution in [0.5, 0.6) is 0 Å². The van der Waals surface area contributed by atoms with Crippen LogP contribution in [0, 0.1) is 6.92 Å². The van der Waals surface area contributed by atoms with E-state index in [1.54, 1.807) is 0 Å². The Hall–Kier alpha value is -2.76. The highest BCUT2D eigenvalue weighted by Crippen LogP contribution is 2.30. The highest BCUT2D eigenvalue weighted by molar-refractivity contribution is 5.96. The van der Waals surface area contributed by atoms with E-state index in [2.05, 4.69) is 33.3 Å². The molecule has 2 heterocycles. The molecule has 1 aliphatic rings. The molecule has 6 nitrogen and oxygen atoms in total. The van der Waals surface area contributed by atoms with Crippen LogP contribution in [0.25, 0.3) is 0 Å². The molecule has 142 valence electrons. The van der Waals surface area contributed by atoms with E-state index in [0.29, 0.717) is 13.1 Å². The van der Waals surface area contributed by atoms with E-state index < -0.39 is 0 Å².